The van der Waals surface area contributed by atoms with Crippen LogP contribution in [0.15, 0.2) is 0 Å². The van der Waals surface area contributed by atoms with E-state index in [2.05, 4.69) is 0 Å². The van der Waals surface area contributed by atoms with Crippen molar-refractivity contribution in [1.82, 2.24) is 9.21 Å². The van der Waals surface area contributed by atoms with Gasteiger partial charge in [0, 0.05) is 26.2 Å². The minimum atomic E-state index is -3.10. The normalized spacial score (nSPS) is 24.5. The van der Waals surface area contributed by atoms with E-state index in [1.807, 2.05) is 0 Å². The Morgan fingerprint density at radius 1 is 1.18 bits per heavy atom. The minimum absolute atomic E-state index is 0.00266. The van der Waals surface area contributed by atoms with E-state index < -0.39 is 16.0 Å². The van der Waals surface area contributed by atoms with Crippen LogP contribution in [0, 0.1) is 0 Å². The highest BCUT2D eigenvalue weighted by Gasteiger charge is 2.40. The first-order valence-electron chi connectivity index (χ1n) is 5.93. The first kappa shape index (κ1) is 12.8. The molecule has 0 aromatic rings. The molecule has 2 fully saturated rings. The van der Waals surface area contributed by atoms with Gasteiger partial charge >= 0.3 is 5.97 Å². The lowest BCUT2D eigenvalue weighted by atomic mass is 10.4. The molecular weight excluding hydrogens is 244 g/mol. The Morgan fingerprint density at radius 3 is 2.47 bits per heavy atom. The fourth-order valence-electron chi connectivity index (χ4n) is 2.13. The molecule has 98 valence electrons. The second kappa shape index (κ2) is 4.91. The number of aliphatic carboxylic acids is 1. The van der Waals surface area contributed by atoms with E-state index in [9.17, 15) is 13.2 Å². The molecule has 0 bridgehead atoms. The lowest BCUT2D eigenvalue weighted by molar-refractivity contribution is -0.138. The van der Waals surface area contributed by atoms with Crippen LogP contribution in [-0.2, 0) is 14.8 Å². The summed E-state index contributed by atoms with van der Waals surface area (Å²) < 4.78 is 25.6. The lowest BCUT2D eigenvalue weighted by Crippen LogP contribution is -2.38. The van der Waals surface area contributed by atoms with Crippen LogP contribution in [0.4, 0.5) is 0 Å². The SMILES string of the molecule is O=C(O)CN1CCCN(S(=O)(=O)C2CC2)CC1. The Kier molecular flexibility index (Phi) is 3.70. The molecule has 1 aliphatic heterocycles. The van der Waals surface area contributed by atoms with Crippen molar-refractivity contribution in [2.24, 2.45) is 0 Å². The van der Waals surface area contributed by atoms with Crippen LogP contribution in [0.25, 0.3) is 0 Å². The van der Waals surface area contributed by atoms with Gasteiger partial charge in [0.05, 0.1) is 11.8 Å². The number of sulfonamides is 1. The van der Waals surface area contributed by atoms with Gasteiger partial charge in [-0.05, 0) is 19.3 Å². The summed E-state index contributed by atoms with van der Waals surface area (Å²) in [5, 5.41) is 8.54. The van der Waals surface area contributed by atoms with Crippen LogP contribution in [0.3, 0.4) is 0 Å². The molecule has 17 heavy (non-hydrogen) atoms. The molecule has 0 unspecified atom stereocenters. The monoisotopic (exact) mass is 262 g/mol. The highest BCUT2D eigenvalue weighted by molar-refractivity contribution is 7.90. The van der Waals surface area contributed by atoms with Gasteiger partial charge in [0.25, 0.3) is 0 Å². The van der Waals surface area contributed by atoms with Crippen LogP contribution in [-0.4, -0.2) is 66.7 Å². The van der Waals surface area contributed by atoms with Crippen LogP contribution in [0.2, 0.25) is 0 Å². The van der Waals surface area contributed by atoms with E-state index in [4.69, 9.17) is 5.11 Å². The largest absolute Gasteiger partial charge is 0.480 e. The molecule has 0 aromatic carbocycles. The molecule has 1 N–H and O–H groups in total. The van der Waals surface area contributed by atoms with Crippen molar-refractivity contribution in [3.05, 3.63) is 0 Å². The summed E-state index contributed by atoms with van der Waals surface area (Å²) in [7, 11) is -3.10. The second-order valence-corrected chi connectivity index (χ2v) is 6.88. The molecule has 0 atom stereocenters. The fourth-order valence-corrected chi connectivity index (χ4v) is 4.00. The number of carboxylic acid groups (broad SMARTS) is 1. The maximum Gasteiger partial charge on any atom is 0.317 e. The van der Waals surface area contributed by atoms with Crippen molar-refractivity contribution in [2.45, 2.75) is 24.5 Å². The quantitative estimate of drug-likeness (QED) is 0.744. The highest BCUT2D eigenvalue weighted by atomic mass is 32.2. The van der Waals surface area contributed by atoms with Crippen LogP contribution in [0.1, 0.15) is 19.3 Å². The zero-order chi connectivity index (χ0) is 12.5. The molecule has 1 heterocycles. The van der Waals surface area contributed by atoms with Crippen molar-refractivity contribution in [1.29, 1.82) is 0 Å². The smallest absolute Gasteiger partial charge is 0.317 e. The zero-order valence-electron chi connectivity index (χ0n) is 9.71. The summed E-state index contributed by atoms with van der Waals surface area (Å²) in [6.45, 7) is 2.11. The molecule has 2 aliphatic rings. The molecule has 6 nitrogen and oxygen atoms in total. The molecule has 0 amide bonds. The summed E-state index contributed by atoms with van der Waals surface area (Å²) >= 11 is 0. The Balaban J connectivity index is 1.93. The number of carbonyl (C=O) groups is 1. The molecule has 0 spiro atoms. The first-order chi connectivity index (χ1) is 8.00. The van der Waals surface area contributed by atoms with Gasteiger partial charge < -0.3 is 5.11 Å². The number of nitrogens with zero attached hydrogens (tertiary/aromatic N) is 2. The van der Waals surface area contributed by atoms with Gasteiger partial charge in [0.1, 0.15) is 0 Å². The topological polar surface area (TPSA) is 77.9 Å². The molecule has 1 saturated carbocycles. The maximum absolute atomic E-state index is 12.0. The molecule has 0 radical (unpaired) electrons. The van der Waals surface area contributed by atoms with Gasteiger partial charge in [0.15, 0.2) is 0 Å². The molecular formula is C10H18N2O4S. The molecule has 1 aliphatic carbocycles. The van der Waals surface area contributed by atoms with E-state index >= 15 is 0 Å². The third-order valence-electron chi connectivity index (χ3n) is 3.21. The lowest BCUT2D eigenvalue weighted by Gasteiger charge is -2.20. The summed E-state index contributed by atoms with van der Waals surface area (Å²) in [5.74, 6) is -0.858. The summed E-state index contributed by atoms with van der Waals surface area (Å²) in [6.07, 6.45) is 2.26. The van der Waals surface area contributed by atoms with Gasteiger partial charge in [-0.2, -0.15) is 0 Å². The summed E-state index contributed by atoms with van der Waals surface area (Å²) in [4.78, 5) is 12.4. The van der Waals surface area contributed by atoms with Crippen LogP contribution >= 0.6 is 0 Å². The van der Waals surface area contributed by atoms with Crippen molar-refractivity contribution in [3.8, 4) is 0 Å². The Hall–Kier alpha value is -0.660. The van der Waals surface area contributed by atoms with E-state index in [-0.39, 0.29) is 11.8 Å². The van der Waals surface area contributed by atoms with Crippen molar-refractivity contribution >= 4 is 16.0 Å². The van der Waals surface area contributed by atoms with Gasteiger partial charge in [-0.1, -0.05) is 0 Å². The number of carboxylic acids is 1. The van der Waals surface area contributed by atoms with Crippen molar-refractivity contribution < 1.29 is 18.3 Å². The predicted octanol–water partition coefficient (Wildman–Crippen LogP) is -0.429. The fraction of sp³-hybridized carbons (Fsp3) is 0.900. The first-order valence-corrected chi connectivity index (χ1v) is 7.43. The molecule has 2 rings (SSSR count). The minimum Gasteiger partial charge on any atom is -0.480 e. The summed E-state index contributed by atoms with van der Waals surface area (Å²) in [5.41, 5.74) is 0. The zero-order valence-corrected chi connectivity index (χ0v) is 10.5. The predicted molar refractivity (Wildman–Crippen MR) is 62.2 cm³/mol. The van der Waals surface area contributed by atoms with Crippen molar-refractivity contribution in [2.75, 3.05) is 32.7 Å². The summed E-state index contributed by atoms with van der Waals surface area (Å²) in [6, 6.07) is 0. The van der Waals surface area contributed by atoms with E-state index in [0.717, 1.165) is 12.8 Å². The van der Waals surface area contributed by atoms with Gasteiger partial charge in [0.2, 0.25) is 10.0 Å². The molecule has 1 saturated heterocycles. The third-order valence-corrected chi connectivity index (χ3v) is 5.61. The van der Waals surface area contributed by atoms with Crippen LogP contribution in [0.5, 0.6) is 0 Å². The molecule has 7 heteroatoms. The standard InChI is InChI=1S/C10H18N2O4S/c13-10(14)8-11-4-1-5-12(7-6-11)17(15,16)9-2-3-9/h9H,1-8H2,(H,13,14). The van der Waals surface area contributed by atoms with Crippen molar-refractivity contribution in [3.63, 3.8) is 0 Å². The Bertz CT molecular complexity index is 391. The highest BCUT2D eigenvalue weighted by Crippen LogP contribution is 2.31. The van der Waals surface area contributed by atoms with Gasteiger partial charge in [-0.3, -0.25) is 9.69 Å². The number of rotatable bonds is 4. The van der Waals surface area contributed by atoms with E-state index in [1.54, 1.807) is 4.90 Å². The Morgan fingerprint density at radius 2 is 1.88 bits per heavy atom. The molecule has 0 aromatic heterocycles. The second-order valence-electron chi connectivity index (χ2n) is 4.67. The average molecular weight is 262 g/mol. The maximum atomic E-state index is 12.0. The Labute approximate surface area is 101 Å². The van der Waals surface area contributed by atoms with Gasteiger partial charge in [-0.15, -0.1) is 0 Å². The van der Waals surface area contributed by atoms with E-state index in [1.165, 1.54) is 4.31 Å². The number of hydrogen-bond donors (Lipinski definition) is 1. The van der Waals surface area contributed by atoms with Gasteiger partial charge in [-0.25, -0.2) is 12.7 Å². The number of hydrogen-bond acceptors (Lipinski definition) is 4. The van der Waals surface area contributed by atoms with E-state index in [0.29, 0.717) is 32.6 Å². The average Bonchev–Trinajstić information content (AvgIpc) is 3.03. The third kappa shape index (κ3) is 3.17. The van der Waals surface area contributed by atoms with Crippen LogP contribution < -0.4 is 0 Å².